The molecular formula is C13H21NO2. The Bertz CT molecular complexity index is 326. The Morgan fingerprint density at radius 3 is 2.62 bits per heavy atom. The molecule has 0 radical (unpaired) electrons. The third-order valence-corrected chi connectivity index (χ3v) is 2.73. The Balaban J connectivity index is 2.83. The molecule has 1 rings (SSSR count). The highest BCUT2D eigenvalue weighted by atomic mass is 16.5. The van der Waals surface area contributed by atoms with Crippen molar-refractivity contribution < 1.29 is 9.84 Å². The fourth-order valence-corrected chi connectivity index (χ4v) is 1.82. The largest absolute Gasteiger partial charge is 0.392 e. The summed E-state index contributed by atoms with van der Waals surface area (Å²) < 4.78 is 5.10. The van der Waals surface area contributed by atoms with E-state index in [4.69, 9.17) is 9.84 Å². The Morgan fingerprint density at radius 1 is 1.38 bits per heavy atom. The lowest BCUT2D eigenvalue weighted by atomic mass is 10.1. The minimum absolute atomic E-state index is 0.102. The summed E-state index contributed by atoms with van der Waals surface area (Å²) in [5, 5.41) is 9.06. The molecule has 0 heterocycles. The summed E-state index contributed by atoms with van der Waals surface area (Å²) in [5.74, 6) is 0. The lowest BCUT2D eigenvalue weighted by Gasteiger charge is -2.24. The lowest BCUT2D eigenvalue weighted by molar-refractivity contribution is 0.205. The second kappa shape index (κ2) is 6.51. The van der Waals surface area contributed by atoms with Crippen molar-refractivity contribution in [1.82, 2.24) is 0 Å². The van der Waals surface area contributed by atoms with Crippen LogP contribution >= 0.6 is 0 Å². The van der Waals surface area contributed by atoms with Crippen LogP contribution in [0.1, 0.15) is 18.1 Å². The molecule has 16 heavy (non-hydrogen) atoms. The first-order chi connectivity index (χ1) is 7.72. The predicted molar refractivity (Wildman–Crippen MR) is 66.9 cm³/mol. The van der Waals surface area contributed by atoms with Crippen LogP contribution in [0.3, 0.4) is 0 Å². The van der Waals surface area contributed by atoms with Gasteiger partial charge in [-0.25, -0.2) is 0 Å². The number of hydrogen-bond donors (Lipinski definition) is 1. The number of benzene rings is 1. The van der Waals surface area contributed by atoms with Crippen molar-refractivity contribution in [1.29, 1.82) is 0 Å². The summed E-state index contributed by atoms with van der Waals surface area (Å²) in [6.07, 6.45) is 0. The van der Waals surface area contributed by atoms with E-state index in [-0.39, 0.29) is 6.61 Å². The molecule has 0 atom stereocenters. The van der Waals surface area contributed by atoms with Crippen LogP contribution in [0.15, 0.2) is 18.2 Å². The van der Waals surface area contributed by atoms with Gasteiger partial charge in [-0.2, -0.15) is 0 Å². The molecule has 0 aliphatic rings. The van der Waals surface area contributed by atoms with E-state index in [9.17, 15) is 0 Å². The average Bonchev–Trinajstić information content (AvgIpc) is 2.31. The third-order valence-electron chi connectivity index (χ3n) is 2.73. The minimum atomic E-state index is 0.102. The number of anilines is 1. The molecule has 0 saturated heterocycles. The van der Waals surface area contributed by atoms with Crippen molar-refractivity contribution in [3.05, 3.63) is 29.3 Å². The average molecular weight is 223 g/mol. The Kier molecular flexibility index (Phi) is 5.29. The quantitative estimate of drug-likeness (QED) is 0.800. The van der Waals surface area contributed by atoms with Gasteiger partial charge in [0.15, 0.2) is 0 Å². The van der Waals surface area contributed by atoms with Crippen LogP contribution in [0.4, 0.5) is 5.69 Å². The first kappa shape index (κ1) is 13.0. The van der Waals surface area contributed by atoms with Gasteiger partial charge in [0, 0.05) is 25.9 Å². The SMILES string of the molecule is CCN(CCOC)c1ccc(CO)cc1C. The molecule has 0 aliphatic heterocycles. The summed E-state index contributed by atoms with van der Waals surface area (Å²) in [6, 6.07) is 6.07. The molecule has 0 aromatic heterocycles. The Hall–Kier alpha value is -1.06. The zero-order valence-corrected chi connectivity index (χ0v) is 10.4. The molecule has 0 spiro atoms. The van der Waals surface area contributed by atoms with Crippen LogP contribution in [-0.2, 0) is 11.3 Å². The van der Waals surface area contributed by atoms with Gasteiger partial charge in [-0.05, 0) is 31.0 Å². The topological polar surface area (TPSA) is 32.7 Å². The van der Waals surface area contributed by atoms with Crippen molar-refractivity contribution >= 4 is 5.69 Å². The van der Waals surface area contributed by atoms with E-state index in [2.05, 4.69) is 24.8 Å². The van der Waals surface area contributed by atoms with Crippen LogP contribution < -0.4 is 4.90 Å². The second-order valence-corrected chi connectivity index (χ2v) is 3.85. The number of aryl methyl sites for hydroxylation is 1. The van der Waals surface area contributed by atoms with Gasteiger partial charge in [0.2, 0.25) is 0 Å². The van der Waals surface area contributed by atoms with Crippen LogP contribution in [0.5, 0.6) is 0 Å². The maximum absolute atomic E-state index is 9.06. The highest BCUT2D eigenvalue weighted by Gasteiger charge is 2.07. The van der Waals surface area contributed by atoms with Gasteiger partial charge in [0.25, 0.3) is 0 Å². The molecule has 0 unspecified atom stereocenters. The summed E-state index contributed by atoms with van der Waals surface area (Å²) in [7, 11) is 1.72. The molecule has 3 nitrogen and oxygen atoms in total. The first-order valence-corrected chi connectivity index (χ1v) is 5.67. The molecule has 1 aromatic rings. The van der Waals surface area contributed by atoms with Crippen molar-refractivity contribution in [2.45, 2.75) is 20.5 Å². The maximum Gasteiger partial charge on any atom is 0.0681 e. The summed E-state index contributed by atoms with van der Waals surface area (Å²) in [6.45, 7) is 6.90. The van der Waals surface area contributed by atoms with Gasteiger partial charge in [-0.15, -0.1) is 0 Å². The van der Waals surface area contributed by atoms with Crippen molar-refractivity contribution in [3.8, 4) is 0 Å². The van der Waals surface area contributed by atoms with E-state index in [1.54, 1.807) is 7.11 Å². The summed E-state index contributed by atoms with van der Waals surface area (Å²) >= 11 is 0. The maximum atomic E-state index is 9.06. The normalized spacial score (nSPS) is 10.5. The fourth-order valence-electron chi connectivity index (χ4n) is 1.82. The van der Waals surface area contributed by atoms with Crippen LogP contribution in [0.25, 0.3) is 0 Å². The highest BCUT2D eigenvalue weighted by Crippen LogP contribution is 2.21. The van der Waals surface area contributed by atoms with Gasteiger partial charge >= 0.3 is 0 Å². The molecule has 90 valence electrons. The number of methoxy groups -OCH3 is 1. The van der Waals surface area contributed by atoms with E-state index in [0.29, 0.717) is 0 Å². The van der Waals surface area contributed by atoms with E-state index >= 15 is 0 Å². The number of likely N-dealkylation sites (N-methyl/N-ethyl adjacent to an activating group) is 1. The number of rotatable bonds is 6. The third kappa shape index (κ3) is 3.22. The Morgan fingerprint density at radius 2 is 2.12 bits per heavy atom. The molecule has 1 N–H and O–H groups in total. The molecule has 0 aliphatic carbocycles. The first-order valence-electron chi connectivity index (χ1n) is 5.67. The van der Waals surface area contributed by atoms with E-state index < -0.39 is 0 Å². The van der Waals surface area contributed by atoms with E-state index in [1.165, 1.54) is 11.3 Å². The number of ether oxygens (including phenoxy) is 1. The van der Waals surface area contributed by atoms with Gasteiger partial charge in [0.05, 0.1) is 13.2 Å². The predicted octanol–water partition coefficient (Wildman–Crippen LogP) is 1.96. The smallest absolute Gasteiger partial charge is 0.0681 e. The molecule has 0 bridgehead atoms. The molecule has 0 saturated carbocycles. The minimum Gasteiger partial charge on any atom is -0.392 e. The van der Waals surface area contributed by atoms with Crippen LogP contribution in [0.2, 0.25) is 0 Å². The van der Waals surface area contributed by atoms with Gasteiger partial charge in [-0.1, -0.05) is 12.1 Å². The zero-order chi connectivity index (χ0) is 12.0. The Labute approximate surface area is 97.7 Å². The number of hydrogen-bond acceptors (Lipinski definition) is 3. The number of aliphatic hydroxyl groups excluding tert-OH is 1. The van der Waals surface area contributed by atoms with Crippen LogP contribution in [-0.4, -0.2) is 31.9 Å². The highest BCUT2D eigenvalue weighted by molar-refractivity contribution is 5.54. The van der Waals surface area contributed by atoms with E-state index in [1.807, 2.05) is 12.1 Å². The standard InChI is InChI=1S/C13H21NO2/c1-4-14(7-8-16-3)13-6-5-12(10-15)9-11(13)2/h5-6,9,15H,4,7-8,10H2,1-3H3. The molecule has 1 aromatic carbocycles. The zero-order valence-electron chi connectivity index (χ0n) is 10.4. The number of nitrogens with zero attached hydrogens (tertiary/aromatic N) is 1. The summed E-state index contributed by atoms with van der Waals surface area (Å²) in [5.41, 5.74) is 3.38. The van der Waals surface area contributed by atoms with Gasteiger partial charge in [-0.3, -0.25) is 0 Å². The molecular weight excluding hydrogens is 202 g/mol. The molecule has 3 heteroatoms. The molecule has 0 amide bonds. The summed E-state index contributed by atoms with van der Waals surface area (Å²) in [4.78, 5) is 2.28. The van der Waals surface area contributed by atoms with Gasteiger partial charge < -0.3 is 14.7 Å². The van der Waals surface area contributed by atoms with Crippen molar-refractivity contribution in [2.75, 3.05) is 31.7 Å². The lowest BCUT2D eigenvalue weighted by Crippen LogP contribution is -2.27. The van der Waals surface area contributed by atoms with Crippen molar-refractivity contribution in [3.63, 3.8) is 0 Å². The van der Waals surface area contributed by atoms with Crippen LogP contribution in [0, 0.1) is 6.92 Å². The molecule has 0 fully saturated rings. The fraction of sp³-hybridized carbons (Fsp3) is 0.538. The van der Waals surface area contributed by atoms with Crippen molar-refractivity contribution in [2.24, 2.45) is 0 Å². The monoisotopic (exact) mass is 223 g/mol. The second-order valence-electron chi connectivity index (χ2n) is 3.85. The van der Waals surface area contributed by atoms with E-state index in [0.717, 1.165) is 25.3 Å². The van der Waals surface area contributed by atoms with Gasteiger partial charge in [0.1, 0.15) is 0 Å². The number of aliphatic hydroxyl groups is 1.